The van der Waals surface area contributed by atoms with Crippen LogP contribution in [0.2, 0.25) is 0 Å². The molecule has 24 heavy (non-hydrogen) atoms. The van der Waals surface area contributed by atoms with E-state index in [0.717, 1.165) is 31.3 Å². The zero-order chi connectivity index (χ0) is 17.8. The summed E-state index contributed by atoms with van der Waals surface area (Å²) in [7, 11) is 0. The molecule has 0 spiro atoms. The number of hydrogen-bond donors (Lipinski definition) is 1. The van der Waals surface area contributed by atoms with Gasteiger partial charge in [0.2, 0.25) is 5.78 Å². The van der Waals surface area contributed by atoms with Gasteiger partial charge in [-0.25, -0.2) is 0 Å². The molecular weight excluding hydrogens is 324 g/mol. The number of unbranched alkanes of at least 4 members (excludes halogenated alkanes) is 7. The Labute approximate surface area is 150 Å². The molecule has 134 valence electrons. The number of allylic oxidation sites excluding steroid dienone is 6. The van der Waals surface area contributed by atoms with Gasteiger partial charge in [-0.2, -0.15) is 0 Å². The van der Waals surface area contributed by atoms with Crippen LogP contribution in [0.5, 0.6) is 0 Å². The van der Waals surface area contributed by atoms with Crippen LogP contribution < -0.4 is 0 Å². The zero-order valence-electron chi connectivity index (χ0n) is 14.6. The Bertz CT molecular complexity index is 503. The van der Waals surface area contributed by atoms with E-state index in [0.29, 0.717) is 11.5 Å². The molecule has 0 saturated carbocycles. The van der Waals surface area contributed by atoms with Crippen molar-refractivity contribution < 1.29 is 14.7 Å². The van der Waals surface area contributed by atoms with Crippen molar-refractivity contribution in [1.82, 2.24) is 0 Å². The molecule has 0 aromatic carbocycles. The van der Waals surface area contributed by atoms with Gasteiger partial charge in [0.05, 0.1) is 5.03 Å². The maximum Gasteiger partial charge on any atom is 0.303 e. The quantitative estimate of drug-likeness (QED) is 0.274. The number of halogens is 1. The van der Waals surface area contributed by atoms with Crippen molar-refractivity contribution in [3.63, 3.8) is 0 Å². The Morgan fingerprint density at radius 2 is 1.88 bits per heavy atom. The maximum absolute atomic E-state index is 12.1. The van der Waals surface area contributed by atoms with E-state index in [1.165, 1.54) is 25.7 Å². The van der Waals surface area contributed by atoms with Crippen molar-refractivity contribution in [3.05, 3.63) is 34.9 Å². The van der Waals surface area contributed by atoms with Crippen LogP contribution in [-0.2, 0) is 9.59 Å². The fourth-order valence-corrected chi connectivity index (χ4v) is 3.03. The Hall–Kier alpha value is -1.35. The van der Waals surface area contributed by atoms with Gasteiger partial charge in [0.1, 0.15) is 0 Å². The minimum atomic E-state index is -0.751. The molecule has 0 bridgehead atoms. The molecule has 0 aliphatic heterocycles. The van der Waals surface area contributed by atoms with Crippen LogP contribution in [0, 0.1) is 5.92 Å². The average Bonchev–Trinajstić information content (AvgIpc) is 2.81. The van der Waals surface area contributed by atoms with Crippen LogP contribution in [0.3, 0.4) is 0 Å². The molecule has 0 radical (unpaired) electrons. The van der Waals surface area contributed by atoms with Crippen molar-refractivity contribution in [1.29, 1.82) is 0 Å². The van der Waals surface area contributed by atoms with Crippen molar-refractivity contribution in [2.45, 2.75) is 71.1 Å². The average molecular weight is 353 g/mol. The first-order valence-electron chi connectivity index (χ1n) is 9.06. The summed E-state index contributed by atoms with van der Waals surface area (Å²) in [6, 6.07) is 0. The molecule has 3 nitrogen and oxygen atoms in total. The first-order chi connectivity index (χ1) is 11.6. The van der Waals surface area contributed by atoms with Gasteiger partial charge in [0.25, 0.3) is 0 Å². The predicted molar refractivity (Wildman–Crippen MR) is 99.1 cm³/mol. The number of ketones is 1. The molecule has 1 atom stereocenters. The number of carboxylic acid groups (broad SMARTS) is 1. The monoisotopic (exact) mass is 352 g/mol. The summed E-state index contributed by atoms with van der Waals surface area (Å²) in [4.78, 5) is 22.6. The van der Waals surface area contributed by atoms with Gasteiger partial charge in [-0.05, 0) is 32.1 Å². The standard InChI is InChI=1S/C20H29ClO3/c1-2-3-4-5-6-9-12-16-15-18(21)20(24)17(16)13-10-7-8-11-14-19(22)23/h9,12-13,15-16H,2-8,10-11,14H2,1H3,(H,22,23)/b12-9+,17-13-/t16-/m1/s1. The molecule has 0 heterocycles. The van der Waals surface area contributed by atoms with Gasteiger partial charge in [-0.3, -0.25) is 9.59 Å². The van der Waals surface area contributed by atoms with Crippen LogP contribution in [0.4, 0.5) is 0 Å². The van der Waals surface area contributed by atoms with Crippen LogP contribution in [0.15, 0.2) is 34.9 Å². The first-order valence-corrected chi connectivity index (χ1v) is 9.44. The number of Topliss-reactive ketones (excluding diaryl/α,β-unsaturated/α-hetero) is 1. The number of rotatable bonds is 12. The van der Waals surface area contributed by atoms with E-state index in [-0.39, 0.29) is 18.1 Å². The van der Waals surface area contributed by atoms with Crippen molar-refractivity contribution in [2.24, 2.45) is 5.92 Å². The van der Waals surface area contributed by atoms with E-state index in [2.05, 4.69) is 19.1 Å². The molecule has 0 unspecified atom stereocenters. The third-order valence-corrected chi connectivity index (χ3v) is 4.49. The second-order valence-electron chi connectivity index (χ2n) is 6.30. The minimum absolute atomic E-state index is 0.00445. The SMILES string of the molecule is CCCCCC/C=C/[C@@H]1C=C(Cl)C(=O)/C1=C\CCCCCC(=O)O. The van der Waals surface area contributed by atoms with Gasteiger partial charge in [-0.1, -0.05) is 68.5 Å². The molecule has 0 amide bonds. The first kappa shape index (κ1) is 20.7. The summed E-state index contributed by atoms with van der Waals surface area (Å²) < 4.78 is 0. The molecular formula is C20H29ClO3. The lowest BCUT2D eigenvalue weighted by Gasteiger charge is -2.05. The Morgan fingerprint density at radius 1 is 1.17 bits per heavy atom. The number of aliphatic carboxylic acids is 1. The lowest BCUT2D eigenvalue weighted by Crippen LogP contribution is -2.01. The van der Waals surface area contributed by atoms with E-state index >= 15 is 0 Å². The second-order valence-corrected chi connectivity index (χ2v) is 6.71. The van der Waals surface area contributed by atoms with Crippen LogP contribution in [0.1, 0.15) is 71.1 Å². The van der Waals surface area contributed by atoms with E-state index in [9.17, 15) is 9.59 Å². The highest BCUT2D eigenvalue weighted by atomic mass is 35.5. The third kappa shape index (κ3) is 7.96. The van der Waals surface area contributed by atoms with Crippen LogP contribution in [0.25, 0.3) is 0 Å². The third-order valence-electron chi connectivity index (χ3n) is 4.19. The molecule has 0 fully saturated rings. The Kier molecular flexibility index (Phi) is 10.4. The summed E-state index contributed by atoms with van der Waals surface area (Å²) in [5.74, 6) is -0.822. The second kappa shape index (κ2) is 12.1. The van der Waals surface area contributed by atoms with Gasteiger partial charge in [0, 0.05) is 17.9 Å². The van der Waals surface area contributed by atoms with Gasteiger partial charge >= 0.3 is 5.97 Å². The summed E-state index contributed by atoms with van der Waals surface area (Å²) in [6.45, 7) is 2.20. The normalized spacial score (nSPS) is 19.4. The number of carbonyl (C=O) groups is 2. The summed E-state index contributed by atoms with van der Waals surface area (Å²) in [5, 5.41) is 8.92. The molecule has 4 heteroatoms. The van der Waals surface area contributed by atoms with Gasteiger partial charge in [0.15, 0.2) is 0 Å². The molecule has 1 aliphatic rings. The highest BCUT2D eigenvalue weighted by Gasteiger charge is 2.26. The van der Waals surface area contributed by atoms with Crippen molar-refractivity contribution in [2.75, 3.05) is 0 Å². The topological polar surface area (TPSA) is 54.4 Å². The van der Waals surface area contributed by atoms with Gasteiger partial charge in [-0.15, -0.1) is 0 Å². The van der Waals surface area contributed by atoms with E-state index in [1.54, 1.807) is 0 Å². The van der Waals surface area contributed by atoms with E-state index in [1.807, 2.05) is 12.2 Å². The molecule has 0 aromatic rings. The fraction of sp³-hybridized carbons (Fsp3) is 0.600. The Morgan fingerprint density at radius 3 is 2.58 bits per heavy atom. The van der Waals surface area contributed by atoms with E-state index < -0.39 is 5.97 Å². The maximum atomic E-state index is 12.1. The molecule has 1 rings (SSSR count). The molecule has 1 aliphatic carbocycles. The number of carboxylic acids is 1. The van der Waals surface area contributed by atoms with Crippen LogP contribution >= 0.6 is 11.6 Å². The number of carbonyl (C=O) groups excluding carboxylic acids is 1. The largest absolute Gasteiger partial charge is 0.481 e. The highest BCUT2D eigenvalue weighted by Crippen LogP contribution is 2.31. The molecule has 0 aromatic heterocycles. The van der Waals surface area contributed by atoms with Crippen molar-refractivity contribution >= 4 is 23.4 Å². The summed E-state index contributed by atoms with van der Waals surface area (Å²) in [5.41, 5.74) is 0.767. The lowest BCUT2D eigenvalue weighted by atomic mass is 9.98. The predicted octanol–water partition coefficient (Wildman–Crippen LogP) is 5.80. The van der Waals surface area contributed by atoms with Crippen molar-refractivity contribution in [3.8, 4) is 0 Å². The number of hydrogen-bond acceptors (Lipinski definition) is 2. The molecule has 1 N–H and O–H groups in total. The zero-order valence-corrected chi connectivity index (χ0v) is 15.4. The lowest BCUT2D eigenvalue weighted by molar-refractivity contribution is -0.137. The smallest absolute Gasteiger partial charge is 0.303 e. The highest BCUT2D eigenvalue weighted by molar-refractivity contribution is 6.46. The van der Waals surface area contributed by atoms with E-state index in [4.69, 9.17) is 16.7 Å². The molecule has 0 saturated heterocycles. The van der Waals surface area contributed by atoms with Crippen LogP contribution in [-0.4, -0.2) is 16.9 Å². The van der Waals surface area contributed by atoms with Gasteiger partial charge < -0.3 is 5.11 Å². The Balaban J connectivity index is 2.41. The summed E-state index contributed by atoms with van der Waals surface area (Å²) >= 11 is 6.00. The summed E-state index contributed by atoms with van der Waals surface area (Å²) in [6.07, 6.45) is 17.5. The minimum Gasteiger partial charge on any atom is -0.481 e. The fourth-order valence-electron chi connectivity index (χ4n) is 2.79.